The average Bonchev–Trinajstić information content (AvgIpc) is 3.86. The quantitative estimate of drug-likeness (QED) is 0.0907. The fourth-order valence-electron chi connectivity index (χ4n) is 7.21. The van der Waals surface area contributed by atoms with Gasteiger partial charge in [-0.25, -0.2) is 0 Å². The van der Waals surface area contributed by atoms with Crippen molar-refractivity contribution in [3.63, 3.8) is 0 Å². The first-order chi connectivity index (χ1) is 29.9. The number of alkyl halides is 2. The van der Waals surface area contributed by atoms with Gasteiger partial charge in [0.2, 0.25) is 31.3 Å². The van der Waals surface area contributed by atoms with Crippen LogP contribution in [-0.2, 0) is 52.7 Å². The number of anilines is 1. The monoisotopic (exact) mass is 928 g/mol. The molecular weight excluding hydrogens is 878 g/mol. The van der Waals surface area contributed by atoms with Gasteiger partial charge in [0.1, 0.15) is 12.1 Å². The van der Waals surface area contributed by atoms with Gasteiger partial charge in [-0.3, -0.25) is 42.4 Å². The summed E-state index contributed by atoms with van der Waals surface area (Å²) in [5.74, 6) is -3.62. The largest absolute Gasteiger partial charge is 0.438 e. The molecule has 0 bridgehead atoms. The van der Waals surface area contributed by atoms with Crippen LogP contribution in [0.1, 0.15) is 83.0 Å². The zero-order valence-electron chi connectivity index (χ0n) is 36.7. The average molecular weight is 929 g/mol. The number of hydrogen-bond donors (Lipinski definition) is 1. The van der Waals surface area contributed by atoms with Crippen LogP contribution < -0.4 is 10.2 Å². The van der Waals surface area contributed by atoms with Gasteiger partial charge in [0.25, 0.3) is 5.91 Å². The lowest BCUT2D eigenvalue weighted by Gasteiger charge is -2.39. The molecule has 0 aliphatic carbocycles. The topological polar surface area (TPSA) is 204 Å². The minimum absolute atomic E-state index is 0.0184. The Balaban J connectivity index is 1.23. The van der Waals surface area contributed by atoms with Crippen LogP contribution in [0.2, 0.25) is 0 Å². The van der Waals surface area contributed by atoms with E-state index in [1.54, 1.807) is 37.5 Å². The minimum atomic E-state index is -5.63. The number of likely N-dealkylation sites (N-methyl/N-ethyl adjacent to an activating group) is 1. The summed E-state index contributed by atoms with van der Waals surface area (Å²) in [4.78, 5) is 84.4. The van der Waals surface area contributed by atoms with Gasteiger partial charge in [0.05, 0.1) is 27.4 Å². The normalized spacial score (nSPS) is 18.6. The van der Waals surface area contributed by atoms with Crippen molar-refractivity contribution in [2.45, 2.75) is 91.5 Å². The van der Waals surface area contributed by atoms with E-state index in [9.17, 15) is 33.3 Å². The zero-order chi connectivity index (χ0) is 46.9. The van der Waals surface area contributed by atoms with Crippen LogP contribution in [0.25, 0.3) is 21.0 Å². The minimum Gasteiger partial charge on any atom is -0.438 e. The molecular formula is C43H51F2N6O11PS. The Hall–Kier alpha value is -5.43. The van der Waals surface area contributed by atoms with E-state index in [1.165, 1.54) is 75.3 Å². The SMILES string of the molecule is CC(=O)N1CC[C@H]2CC[C@@H](C(=O)N(C)c3ccc4nnccc4c3)N2C(=O)[C@@H](NC(=O)c2cc3cc(C(F)(F)P(=O)(OCOC(=O)C(C)(C)C)OCOC(=O)C(C)(C)C)ccc3s2)C1. The number of thiophene rings is 1. The molecule has 2 aromatic heterocycles. The number of hydrogen-bond acceptors (Lipinski definition) is 14. The van der Waals surface area contributed by atoms with Gasteiger partial charge in [-0.05, 0) is 109 Å². The highest BCUT2D eigenvalue weighted by molar-refractivity contribution is 7.54. The van der Waals surface area contributed by atoms with E-state index < -0.39 is 85.1 Å². The molecule has 0 saturated carbocycles. The highest BCUT2D eigenvalue weighted by atomic mass is 32.1. The number of fused-ring (bicyclic) bond motifs is 3. The standard InChI is InChI=1S/C43H51F2N6O11PS/c1-25(52)50-18-16-29-11-13-33(38(55)49(8)30-10-12-31-26(20-30)15-17-46-48-31)51(29)37(54)32(22-50)47-36(53)35-21-27-19-28(9-14-34(27)64-35)43(44,45)63(58,61-23-59-39(56)41(2,3)4)62-24-60-40(57)42(5,6)7/h9-10,12,14-15,17,19-21,29,32-33H,11,13,16,18,22-24H2,1-8H3,(H,47,53)/t29-,32+,33+/m1/s1. The number of amides is 4. The number of nitrogens with zero attached hydrogens (tertiary/aromatic N) is 5. The molecule has 2 fully saturated rings. The Morgan fingerprint density at radius 1 is 0.891 bits per heavy atom. The molecule has 2 aliphatic heterocycles. The van der Waals surface area contributed by atoms with Crippen molar-refractivity contribution in [1.29, 1.82) is 0 Å². The molecule has 4 aromatic rings. The van der Waals surface area contributed by atoms with Crippen LogP contribution in [0.3, 0.4) is 0 Å². The first kappa shape index (κ1) is 48.0. The Morgan fingerprint density at radius 2 is 1.55 bits per heavy atom. The number of ether oxygens (including phenoxy) is 2. The predicted octanol–water partition coefficient (Wildman–Crippen LogP) is 6.59. The van der Waals surface area contributed by atoms with Crippen LogP contribution in [0.5, 0.6) is 0 Å². The smallest absolute Gasteiger partial charge is 0.410 e. The lowest BCUT2D eigenvalue weighted by atomic mass is 9.98. The third-order valence-corrected chi connectivity index (χ3v) is 13.9. The van der Waals surface area contributed by atoms with Crippen molar-refractivity contribution in [3.05, 3.63) is 65.2 Å². The maximum atomic E-state index is 16.4. The first-order valence-electron chi connectivity index (χ1n) is 20.4. The van der Waals surface area contributed by atoms with E-state index in [1.807, 2.05) is 0 Å². The summed E-state index contributed by atoms with van der Waals surface area (Å²) >= 11 is 0.926. The summed E-state index contributed by atoms with van der Waals surface area (Å²) in [6.07, 6.45) is 2.82. The van der Waals surface area contributed by atoms with Crippen LogP contribution in [0.4, 0.5) is 14.5 Å². The maximum Gasteiger partial charge on any atom is 0.410 e. The van der Waals surface area contributed by atoms with Gasteiger partial charge in [-0.15, -0.1) is 11.3 Å². The highest BCUT2D eigenvalue weighted by Gasteiger charge is 2.56. The van der Waals surface area contributed by atoms with Crippen LogP contribution >= 0.6 is 18.9 Å². The number of aromatic nitrogens is 2. The summed E-state index contributed by atoms with van der Waals surface area (Å²) in [6, 6.07) is 9.04. The van der Waals surface area contributed by atoms with E-state index in [-0.39, 0.29) is 35.2 Å². The number of esters is 2. The fraction of sp³-hybridized carbons (Fsp3) is 0.488. The summed E-state index contributed by atoms with van der Waals surface area (Å²) in [6.45, 7) is 8.18. The molecule has 3 atom stereocenters. The van der Waals surface area contributed by atoms with E-state index in [0.29, 0.717) is 35.2 Å². The van der Waals surface area contributed by atoms with E-state index in [0.717, 1.165) is 28.9 Å². The molecule has 2 saturated heterocycles. The molecule has 4 amide bonds. The van der Waals surface area contributed by atoms with Crippen LogP contribution in [0.15, 0.2) is 54.7 Å². The molecule has 0 unspecified atom stereocenters. The first-order valence-corrected chi connectivity index (χ1v) is 22.8. The van der Waals surface area contributed by atoms with Gasteiger partial charge in [-0.1, -0.05) is 6.07 Å². The summed E-state index contributed by atoms with van der Waals surface area (Å²) < 4.78 is 66.8. The van der Waals surface area contributed by atoms with Gasteiger partial charge in [0.15, 0.2) is 0 Å². The summed E-state index contributed by atoms with van der Waals surface area (Å²) in [5, 5.41) is 11.6. The molecule has 2 aromatic carbocycles. The number of rotatable bonds is 12. The Bertz CT molecular complexity index is 2490. The third-order valence-electron chi connectivity index (χ3n) is 10.9. The third kappa shape index (κ3) is 10.2. The van der Waals surface area contributed by atoms with Crippen molar-refractivity contribution >= 4 is 81.2 Å². The maximum absolute atomic E-state index is 16.4. The molecule has 17 nitrogen and oxygen atoms in total. The number of halogens is 2. The highest BCUT2D eigenvalue weighted by Crippen LogP contribution is 2.67. The lowest BCUT2D eigenvalue weighted by molar-refractivity contribution is -0.163. The molecule has 4 heterocycles. The lowest BCUT2D eigenvalue weighted by Crippen LogP contribution is -2.61. The Morgan fingerprint density at radius 3 is 2.17 bits per heavy atom. The number of carbonyl (C=O) groups excluding carboxylic acids is 6. The predicted molar refractivity (Wildman–Crippen MR) is 231 cm³/mol. The second kappa shape index (κ2) is 18.6. The van der Waals surface area contributed by atoms with Crippen molar-refractivity contribution in [1.82, 2.24) is 25.3 Å². The summed E-state index contributed by atoms with van der Waals surface area (Å²) in [7, 11) is -4.01. The molecule has 6 rings (SSSR count). The van der Waals surface area contributed by atoms with Crippen LogP contribution in [-0.4, -0.2) is 107 Å². The number of nitrogens with one attached hydrogen (secondary N) is 1. The van der Waals surface area contributed by atoms with Crippen LogP contribution in [0, 0.1) is 10.8 Å². The van der Waals surface area contributed by atoms with E-state index >= 15 is 8.78 Å². The van der Waals surface area contributed by atoms with E-state index in [4.69, 9.17) is 18.5 Å². The van der Waals surface area contributed by atoms with Crippen molar-refractivity contribution in [2.24, 2.45) is 10.8 Å². The molecule has 21 heteroatoms. The van der Waals surface area contributed by atoms with E-state index in [2.05, 4.69) is 15.5 Å². The van der Waals surface area contributed by atoms with Crippen molar-refractivity contribution in [3.8, 4) is 0 Å². The molecule has 344 valence electrons. The number of carbonyl (C=O) groups is 6. The second-order valence-electron chi connectivity index (χ2n) is 17.7. The molecule has 1 N–H and O–H groups in total. The Labute approximate surface area is 372 Å². The second-order valence-corrected chi connectivity index (χ2v) is 20.9. The molecule has 0 radical (unpaired) electrons. The molecule has 0 spiro atoms. The van der Waals surface area contributed by atoms with Gasteiger partial charge in [-0.2, -0.15) is 19.0 Å². The molecule has 2 aliphatic rings. The number of benzene rings is 2. The Kier molecular flexibility index (Phi) is 13.9. The van der Waals surface area contributed by atoms with Gasteiger partial charge in [0, 0.05) is 54.4 Å². The zero-order valence-corrected chi connectivity index (χ0v) is 38.4. The van der Waals surface area contributed by atoms with Crippen molar-refractivity contribution < 1.29 is 60.6 Å². The molecule has 64 heavy (non-hydrogen) atoms. The van der Waals surface area contributed by atoms with Gasteiger partial charge >= 0.3 is 25.2 Å². The summed E-state index contributed by atoms with van der Waals surface area (Å²) in [5.41, 5.74) is -6.14. The fourth-order valence-corrected chi connectivity index (χ4v) is 9.39. The van der Waals surface area contributed by atoms with Gasteiger partial charge < -0.3 is 29.5 Å². The van der Waals surface area contributed by atoms with Crippen molar-refractivity contribution in [2.75, 3.05) is 38.6 Å².